The van der Waals surface area contributed by atoms with Crippen molar-refractivity contribution in [2.45, 2.75) is 12.8 Å². The zero-order chi connectivity index (χ0) is 14.0. The molecule has 2 aliphatic rings. The van der Waals surface area contributed by atoms with Crippen molar-refractivity contribution in [2.24, 2.45) is 5.92 Å². The van der Waals surface area contributed by atoms with Crippen LogP contribution in [0.5, 0.6) is 0 Å². The summed E-state index contributed by atoms with van der Waals surface area (Å²) in [5, 5.41) is 3.63. The third-order valence-corrected chi connectivity index (χ3v) is 5.92. The summed E-state index contributed by atoms with van der Waals surface area (Å²) in [5.74, 6) is 0.939. The lowest BCUT2D eigenvalue weighted by Crippen LogP contribution is -2.51. The maximum atomic E-state index is 2.69. The van der Waals surface area contributed by atoms with Gasteiger partial charge in [0.2, 0.25) is 0 Å². The van der Waals surface area contributed by atoms with Crippen LogP contribution in [0.4, 0.5) is 5.00 Å². The van der Waals surface area contributed by atoms with Gasteiger partial charge in [0.25, 0.3) is 0 Å². The highest BCUT2D eigenvalue weighted by atomic mass is 32.1. The minimum absolute atomic E-state index is 0.939. The van der Waals surface area contributed by atoms with Crippen molar-refractivity contribution in [3.05, 3.63) is 17.5 Å². The molecule has 0 unspecified atom stereocenters. The fourth-order valence-electron chi connectivity index (χ4n) is 3.47. The first-order valence-electron chi connectivity index (χ1n) is 7.95. The number of thiophene rings is 1. The predicted octanol–water partition coefficient (Wildman–Crippen LogP) is 2.36. The SMILES string of the molecule is C[N+]1(C)CCC(CN2CCN(c3cccs3)CC2)CC1. The van der Waals surface area contributed by atoms with Gasteiger partial charge < -0.3 is 9.38 Å². The molecule has 2 saturated heterocycles. The number of rotatable bonds is 3. The number of piperidine rings is 1. The van der Waals surface area contributed by atoms with E-state index >= 15 is 0 Å². The Bertz CT molecular complexity index is 397. The fraction of sp³-hybridized carbons (Fsp3) is 0.750. The molecule has 0 spiro atoms. The standard InChI is InChI=1S/C16H28N3S/c1-19(2)11-5-15(6-12-19)14-17-7-9-18(10-8-17)16-4-3-13-20-16/h3-4,13,15H,5-12,14H2,1-2H3/q+1. The lowest BCUT2D eigenvalue weighted by atomic mass is 9.95. The molecule has 0 aromatic carbocycles. The van der Waals surface area contributed by atoms with E-state index in [-0.39, 0.29) is 0 Å². The molecule has 20 heavy (non-hydrogen) atoms. The highest BCUT2D eigenvalue weighted by Gasteiger charge is 2.28. The second-order valence-electron chi connectivity index (χ2n) is 7.07. The molecule has 1 aromatic heterocycles. The second-order valence-corrected chi connectivity index (χ2v) is 7.99. The van der Waals surface area contributed by atoms with Gasteiger partial charge in [-0.1, -0.05) is 0 Å². The Morgan fingerprint density at radius 1 is 1.15 bits per heavy atom. The average molecular weight is 294 g/mol. The van der Waals surface area contributed by atoms with Gasteiger partial charge in [0.15, 0.2) is 0 Å². The van der Waals surface area contributed by atoms with Gasteiger partial charge in [-0.2, -0.15) is 0 Å². The monoisotopic (exact) mass is 294 g/mol. The number of hydrogen-bond acceptors (Lipinski definition) is 3. The van der Waals surface area contributed by atoms with Crippen LogP contribution in [0.15, 0.2) is 17.5 Å². The number of likely N-dealkylation sites (tertiary alicyclic amines) is 1. The normalized spacial score (nSPS) is 25.0. The van der Waals surface area contributed by atoms with Gasteiger partial charge in [-0.05, 0) is 23.4 Å². The number of piperazine rings is 1. The summed E-state index contributed by atoms with van der Waals surface area (Å²) in [4.78, 5) is 5.24. The van der Waals surface area contributed by atoms with Crippen LogP contribution in [-0.4, -0.2) is 69.3 Å². The molecule has 0 radical (unpaired) electrons. The summed E-state index contributed by atoms with van der Waals surface area (Å²) in [6, 6.07) is 4.41. The number of nitrogens with zero attached hydrogens (tertiary/aromatic N) is 3. The average Bonchev–Trinajstić information content (AvgIpc) is 2.96. The van der Waals surface area contributed by atoms with Crippen LogP contribution < -0.4 is 4.90 Å². The third kappa shape index (κ3) is 3.54. The van der Waals surface area contributed by atoms with Crippen LogP contribution in [0, 0.1) is 5.92 Å². The van der Waals surface area contributed by atoms with Gasteiger partial charge in [0.05, 0.1) is 32.2 Å². The molecule has 3 heterocycles. The molecule has 1 aromatic rings. The van der Waals surface area contributed by atoms with Crippen molar-refractivity contribution in [1.82, 2.24) is 4.90 Å². The van der Waals surface area contributed by atoms with Gasteiger partial charge >= 0.3 is 0 Å². The Hall–Kier alpha value is -0.580. The van der Waals surface area contributed by atoms with Crippen LogP contribution in [0.2, 0.25) is 0 Å². The highest BCUT2D eigenvalue weighted by Crippen LogP contribution is 2.24. The summed E-state index contributed by atoms with van der Waals surface area (Å²) in [5.41, 5.74) is 0. The number of hydrogen-bond donors (Lipinski definition) is 0. The largest absolute Gasteiger partial charge is 0.361 e. The van der Waals surface area contributed by atoms with E-state index in [0.717, 1.165) is 5.92 Å². The van der Waals surface area contributed by atoms with E-state index in [9.17, 15) is 0 Å². The molecular weight excluding hydrogens is 266 g/mol. The van der Waals surface area contributed by atoms with E-state index in [2.05, 4.69) is 41.4 Å². The Balaban J connectivity index is 1.43. The molecule has 3 rings (SSSR count). The zero-order valence-electron chi connectivity index (χ0n) is 12.9. The number of anilines is 1. The minimum Gasteiger partial charge on any atom is -0.361 e. The minimum atomic E-state index is 0.939. The van der Waals surface area contributed by atoms with Crippen molar-refractivity contribution in [1.29, 1.82) is 0 Å². The van der Waals surface area contributed by atoms with E-state index in [4.69, 9.17) is 0 Å². The molecular formula is C16H28N3S+. The molecule has 0 bridgehead atoms. The molecule has 0 N–H and O–H groups in total. The van der Waals surface area contributed by atoms with Crippen LogP contribution >= 0.6 is 11.3 Å². The molecule has 0 atom stereocenters. The molecule has 0 amide bonds. The second kappa shape index (κ2) is 6.04. The topological polar surface area (TPSA) is 6.48 Å². The molecule has 2 fully saturated rings. The first kappa shape index (κ1) is 14.4. The van der Waals surface area contributed by atoms with E-state index in [1.54, 1.807) is 0 Å². The Morgan fingerprint density at radius 2 is 1.85 bits per heavy atom. The van der Waals surface area contributed by atoms with Gasteiger partial charge in [0.1, 0.15) is 0 Å². The quantitative estimate of drug-likeness (QED) is 0.790. The van der Waals surface area contributed by atoms with Crippen LogP contribution in [0.25, 0.3) is 0 Å². The van der Waals surface area contributed by atoms with Crippen molar-refractivity contribution < 1.29 is 4.48 Å². The van der Waals surface area contributed by atoms with Gasteiger partial charge in [-0.25, -0.2) is 0 Å². The van der Waals surface area contributed by atoms with Gasteiger partial charge in [-0.15, -0.1) is 11.3 Å². The smallest absolute Gasteiger partial charge is 0.0909 e. The van der Waals surface area contributed by atoms with E-state index in [1.807, 2.05) is 11.3 Å². The fourth-order valence-corrected chi connectivity index (χ4v) is 4.25. The summed E-state index contributed by atoms with van der Waals surface area (Å²) in [6.45, 7) is 8.95. The Morgan fingerprint density at radius 3 is 2.45 bits per heavy atom. The van der Waals surface area contributed by atoms with Crippen molar-refractivity contribution in [3.63, 3.8) is 0 Å². The lowest BCUT2D eigenvalue weighted by molar-refractivity contribution is -0.896. The maximum Gasteiger partial charge on any atom is 0.0909 e. The van der Waals surface area contributed by atoms with Gasteiger partial charge in [0, 0.05) is 45.6 Å². The van der Waals surface area contributed by atoms with E-state index in [0.29, 0.717) is 0 Å². The first-order valence-corrected chi connectivity index (χ1v) is 8.83. The summed E-state index contributed by atoms with van der Waals surface area (Å²) in [7, 11) is 4.74. The maximum absolute atomic E-state index is 2.69. The van der Waals surface area contributed by atoms with E-state index < -0.39 is 0 Å². The lowest BCUT2D eigenvalue weighted by Gasteiger charge is -2.41. The third-order valence-electron chi connectivity index (χ3n) is 4.99. The Labute approximate surface area is 127 Å². The highest BCUT2D eigenvalue weighted by molar-refractivity contribution is 7.14. The van der Waals surface area contributed by atoms with Crippen LogP contribution in [0.1, 0.15) is 12.8 Å². The van der Waals surface area contributed by atoms with Crippen LogP contribution in [-0.2, 0) is 0 Å². The molecule has 3 nitrogen and oxygen atoms in total. The zero-order valence-corrected chi connectivity index (χ0v) is 13.7. The summed E-state index contributed by atoms with van der Waals surface area (Å²) >= 11 is 1.87. The predicted molar refractivity (Wildman–Crippen MR) is 87.5 cm³/mol. The molecule has 2 aliphatic heterocycles. The first-order chi connectivity index (χ1) is 9.62. The van der Waals surface area contributed by atoms with Crippen molar-refractivity contribution in [3.8, 4) is 0 Å². The molecule has 112 valence electrons. The summed E-state index contributed by atoms with van der Waals surface area (Å²) in [6.07, 6.45) is 2.83. The van der Waals surface area contributed by atoms with Crippen molar-refractivity contribution in [2.75, 3.05) is 64.8 Å². The summed E-state index contributed by atoms with van der Waals surface area (Å²) < 4.78 is 1.22. The molecule has 0 aliphatic carbocycles. The Kier molecular flexibility index (Phi) is 4.34. The van der Waals surface area contributed by atoms with E-state index in [1.165, 1.54) is 68.1 Å². The molecule has 4 heteroatoms. The number of quaternary nitrogens is 1. The van der Waals surface area contributed by atoms with Crippen LogP contribution in [0.3, 0.4) is 0 Å². The van der Waals surface area contributed by atoms with Gasteiger partial charge in [-0.3, -0.25) is 4.90 Å². The molecule has 0 saturated carbocycles. The van der Waals surface area contributed by atoms with Crippen molar-refractivity contribution >= 4 is 16.3 Å².